The molecule has 1 amide bonds. The molecule has 1 aromatic heterocycles. The molecule has 26 heavy (non-hydrogen) atoms. The number of nitrogens with two attached hydrogens (primary N) is 3. The highest BCUT2D eigenvalue weighted by Crippen LogP contribution is 2.22. The Morgan fingerprint density at radius 1 is 1.31 bits per heavy atom. The first kappa shape index (κ1) is 19.8. The largest absolute Gasteiger partial charge is 0.403 e. The number of rotatable bonds is 7. The van der Waals surface area contributed by atoms with Crippen LogP contribution in [0.4, 0.5) is 8.78 Å². The summed E-state index contributed by atoms with van der Waals surface area (Å²) in [5.74, 6) is 4.02. The molecule has 7 N–H and O–H groups in total. The molecular formula is C17H21F2N5OS. The topological polar surface area (TPSA) is 110 Å². The minimum atomic E-state index is -0.669. The van der Waals surface area contributed by atoms with Crippen LogP contribution in [0.3, 0.4) is 0 Å². The minimum Gasteiger partial charge on any atom is -0.403 e. The monoisotopic (exact) mass is 381 g/mol. The van der Waals surface area contributed by atoms with E-state index in [-0.39, 0.29) is 18.9 Å². The van der Waals surface area contributed by atoms with Crippen LogP contribution in [0.5, 0.6) is 0 Å². The predicted molar refractivity (Wildman–Crippen MR) is 98.8 cm³/mol. The van der Waals surface area contributed by atoms with Crippen molar-refractivity contribution in [2.45, 2.75) is 12.5 Å². The number of hydrazine groups is 1. The first-order valence-electron chi connectivity index (χ1n) is 7.79. The van der Waals surface area contributed by atoms with Gasteiger partial charge in [-0.1, -0.05) is 0 Å². The molecule has 1 heterocycles. The van der Waals surface area contributed by atoms with Crippen molar-refractivity contribution >= 4 is 22.9 Å². The van der Waals surface area contributed by atoms with Gasteiger partial charge < -0.3 is 21.8 Å². The van der Waals surface area contributed by atoms with Gasteiger partial charge in [-0.05, 0) is 30.2 Å². The summed E-state index contributed by atoms with van der Waals surface area (Å²) in [5.41, 5.74) is 12.9. The fourth-order valence-electron chi connectivity index (χ4n) is 2.47. The standard InChI is InChI=1S/C17H21F2N5OS/c1-24(22)15(8-21)11-5-16(26-9-11)17(25)23-14(7-20)4-10-2-12(18)6-13(19)3-10/h2-3,5-6,8-9,14H,4,7,20-22H2,1H3,(H,23,25)/b15-8-. The average Bonchev–Trinajstić information content (AvgIpc) is 3.03. The van der Waals surface area contributed by atoms with Gasteiger partial charge in [-0.3, -0.25) is 4.79 Å². The molecule has 0 bridgehead atoms. The lowest BCUT2D eigenvalue weighted by atomic mass is 10.1. The van der Waals surface area contributed by atoms with Gasteiger partial charge in [0, 0.05) is 42.8 Å². The Balaban J connectivity index is 2.08. The summed E-state index contributed by atoms with van der Waals surface area (Å²) in [6.45, 7) is 0.127. The van der Waals surface area contributed by atoms with E-state index in [9.17, 15) is 13.6 Å². The van der Waals surface area contributed by atoms with Crippen molar-refractivity contribution in [3.63, 3.8) is 0 Å². The molecule has 0 aliphatic rings. The van der Waals surface area contributed by atoms with E-state index in [1.165, 1.54) is 34.7 Å². The lowest BCUT2D eigenvalue weighted by molar-refractivity contribution is 0.0942. The van der Waals surface area contributed by atoms with Gasteiger partial charge in [0.05, 0.1) is 10.6 Å². The van der Waals surface area contributed by atoms with E-state index >= 15 is 0 Å². The number of carbonyl (C=O) groups excluding carboxylic acids is 1. The maximum absolute atomic E-state index is 13.3. The van der Waals surface area contributed by atoms with Gasteiger partial charge in [-0.15, -0.1) is 11.3 Å². The van der Waals surface area contributed by atoms with Crippen LogP contribution in [0, 0.1) is 11.6 Å². The van der Waals surface area contributed by atoms with E-state index < -0.39 is 17.7 Å². The molecule has 0 saturated carbocycles. The normalized spacial score (nSPS) is 12.7. The molecule has 6 nitrogen and oxygen atoms in total. The van der Waals surface area contributed by atoms with Gasteiger partial charge in [-0.25, -0.2) is 14.6 Å². The SMILES string of the molecule is CN(N)/C(=C\N)c1csc(C(=O)NC(CN)Cc2cc(F)cc(F)c2)c1. The third-order valence-corrected chi connectivity index (χ3v) is 4.61. The zero-order valence-electron chi connectivity index (χ0n) is 14.2. The maximum atomic E-state index is 13.3. The van der Waals surface area contributed by atoms with E-state index in [2.05, 4.69) is 5.32 Å². The molecule has 0 fully saturated rings. The fraction of sp³-hybridized carbons (Fsp3) is 0.235. The molecule has 0 aliphatic carbocycles. The second kappa shape index (κ2) is 8.75. The number of thiophene rings is 1. The molecule has 0 spiro atoms. The summed E-state index contributed by atoms with van der Waals surface area (Å²) < 4.78 is 26.6. The van der Waals surface area contributed by atoms with E-state index in [0.29, 0.717) is 21.7 Å². The molecule has 0 radical (unpaired) electrons. The van der Waals surface area contributed by atoms with E-state index in [0.717, 1.165) is 6.07 Å². The number of amides is 1. The number of carbonyl (C=O) groups is 1. The van der Waals surface area contributed by atoms with Crippen LogP contribution in [0.25, 0.3) is 5.70 Å². The van der Waals surface area contributed by atoms with E-state index in [1.54, 1.807) is 18.5 Å². The Bertz CT molecular complexity index is 786. The van der Waals surface area contributed by atoms with Crippen molar-refractivity contribution in [1.29, 1.82) is 0 Å². The van der Waals surface area contributed by atoms with E-state index in [4.69, 9.17) is 17.3 Å². The van der Waals surface area contributed by atoms with Gasteiger partial charge in [-0.2, -0.15) is 0 Å². The number of halogens is 2. The van der Waals surface area contributed by atoms with Gasteiger partial charge in [0.25, 0.3) is 5.91 Å². The lowest BCUT2D eigenvalue weighted by Gasteiger charge is -2.17. The van der Waals surface area contributed by atoms with Crippen molar-refractivity contribution in [2.24, 2.45) is 17.3 Å². The third kappa shape index (κ3) is 5.01. The second-order valence-corrected chi connectivity index (χ2v) is 6.66. The molecule has 1 unspecified atom stereocenters. The molecule has 2 aromatic rings. The summed E-state index contributed by atoms with van der Waals surface area (Å²) in [5, 5.41) is 5.89. The van der Waals surface area contributed by atoms with Crippen LogP contribution >= 0.6 is 11.3 Å². The smallest absolute Gasteiger partial charge is 0.261 e. The fourth-order valence-corrected chi connectivity index (χ4v) is 3.27. The molecule has 2 rings (SSSR count). The Hall–Kier alpha value is -2.49. The number of nitrogens with zero attached hydrogens (tertiary/aromatic N) is 1. The van der Waals surface area contributed by atoms with Gasteiger partial charge in [0.15, 0.2) is 0 Å². The minimum absolute atomic E-state index is 0.127. The van der Waals surface area contributed by atoms with Crippen molar-refractivity contribution < 1.29 is 13.6 Å². The molecule has 1 aromatic carbocycles. The molecule has 1 atom stereocenters. The second-order valence-electron chi connectivity index (χ2n) is 5.75. The van der Waals surface area contributed by atoms with Gasteiger partial charge in [0.1, 0.15) is 11.6 Å². The molecule has 9 heteroatoms. The average molecular weight is 381 g/mol. The van der Waals surface area contributed by atoms with Crippen molar-refractivity contribution in [3.8, 4) is 0 Å². The zero-order chi connectivity index (χ0) is 19.3. The van der Waals surface area contributed by atoms with Crippen LogP contribution in [0.2, 0.25) is 0 Å². The summed E-state index contributed by atoms with van der Waals surface area (Å²) in [4.78, 5) is 12.9. The molecule has 0 aliphatic heterocycles. The number of nitrogens with one attached hydrogen (secondary N) is 1. The Labute approximate surface area is 154 Å². The summed E-state index contributed by atoms with van der Waals surface area (Å²) in [7, 11) is 1.64. The summed E-state index contributed by atoms with van der Waals surface area (Å²) >= 11 is 1.23. The molecule has 140 valence electrons. The quantitative estimate of drug-likeness (QED) is 0.428. The van der Waals surface area contributed by atoms with Crippen LogP contribution in [0.1, 0.15) is 20.8 Å². The molecular weight excluding hydrogens is 360 g/mol. The highest BCUT2D eigenvalue weighted by molar-refractivity contribution is 7.12. The summed E-state index contributed by atoms with van der Waals surface area (Å²) in [6, 6.07) is 4.44. The highest BCUT2D eigenvalue weighted by Gasteiger charge is 2.17. The van der Waals surface area contributed by atoms with Crippen LogP contribution in [0.15, 0.2) is 35.8 Å². The van der Waals surface area contributed by atoms with Crippen molar-refractivity contribution in [2.75, 3.05) is 13.6 Å². The number of hydrogen-bond donors (Lipinski definition) is 4. The van der Waals surface area contributed by atoms with Gasteiger partial charge in [0.2, 0.25) is 0 Å². The lowest BCUT2D eigenvalue weighted by Crippen LogP contribution is -2.41. The summed E-state index contributed by atoms with van der Waals surface area (Å²) in [6.07, 6.45) is 1.57. The third-order valence-electron chi connectivity index (χ3n) is 3.68. The molecule has 0 saturated heterocycles. The Morgan fingerprint density at radius 3 is 2.50 bits per heavy atom. The first-order chi connectivity index (χ1) is 12.3. The predicted octanol–water partition coefficient (Wildman–Crippen LogP) is 1.39. The van der Waals surface area contributed by atoms with Crippen LogP contribution in [-0.4, -0.2) is 30.6 Å². The first-order valence-corrected chi connectivity index (χ1v) is 8.67. The zero-order valence-corrected chi connectivity index (χ0v) is 15.0. The Kier molecular flexibility index (Phi) is 6.67. The number of benzene rings is 1. The van der Waals surface area contributed by atoms with Crippen molar-refractivity contribution in [3.05, 3.63) is 63.5 Å². The maximum Gasteiger partial charge on any atom is 0.261 e. The number of hydrogen-bond acceptors (Lipinski definition) is 6. The van der Waals surface area contributed by atoms with Crippen LogP contribution in [-0.2, 0) is 6.42 Å². The van der Waals surface area contributed by atoms with Crippen molar-refractivity contribution in [1.82, 2.24) is 10.3 Å². The highest BCUT2D eigenvalue weighted by atomic mass is 32.1. The Morgan fingerprint density at radius 2 is 1.96 bits per heavy atom. The van der Waals surface area contributed by atoms with Crippen LogP contribution < -0.4 is 22.6 Å². The van der Waals surface area contributed by atoms with Gasteiger partial charge >= 0.3 is 0 Å². The van der Waals surface area contributed by atoms with E-state index in [1.807, 2.05) is 0 Å².